The molecule has 0 spiro atoms. The van der Waals surface area contributed by atoms with E-state index in [1.807, 2.05) is 13.8 Å². The van der Waals surface area contributed by atoms with Gasteiger partial charge in [-0.05, 0) is 19.8 Å². The highest BCUT2D eigenvalue weighted by atomic mass is 32.1. The predicted molar refractivity (Wildman–Crippen MR) is 81.7 cm³/mol. The number of amides is 1. The number of nitrogens with one attached hydrogen (secondary N) is 2. The van der Waals surface area contributed by atoms with Gasteiger partial charge in [0.25, 0.3) is 5.91 Å². The number of carbonyl (C=O) groups excluding carboxylic acids is 1. The Morgan fingerprint density at radius 1 is 1.37 bits per heavy atom. The fraction of sp³-hybridized carbons (Fsp3) is 0.692. The normalized spacial score (nSPS) is 11.1. The molecule has 1 aromatic rings. The van der Waals surface area contributed by atoms with Gasteiger partial charge in [-0.15, -0.1) is 0 Å². The minimum atomic E-state index is -0.126. The van der Waals surface area contributed by atoms with Crippen molar-refractivity contribution < 1.29 is 4.79 Å². The summed E-state index contributed by atoms with van der Waals surface area (Å²) in [5.74, 6) is 0.695. The number of aromatic nitrogens is 1. The van der Waals surface area contributed by atoms with Crippen molar-refractivity contribution in [1.82, 2.24) is 10.3 Å². The molecule has 0 radical (unpaired) electrons. The molecule has 6 heteroatoms. The zero-order valence-electron chi connectivity index (χ0n) is 12.1. The second kappa shape index (κ2) is 7.33. The summed E-state index contributed by atoms with van der Waals surface area (Å²) in [4.78, 5) is 16.7. The smallest absolute Gasteiger partial charge is 0.265 e. The lowest BCUT2D eigenvalue weighted by atomic mass is 10.0. The molecule has 0 saturated heterocycles. The Labute approximate surface area is 119 Å². The van der Waals surface area contributed by atoms with E-state index in [0.29, 0.717) is 28.3 Å². The molecule has 0 atom stereocenters. The monoisotopic (exact) mass is 284 g/mol. The Bertz CT molecular complexity index is 413. The minimum absolute atomic E-state index is 0.126. The molecule has 1 heterocycles. The lowest BCUT2D eigenvalue weighted by molar-refractivity contribution is 0.0951. The van der Waals surface area contributed by atoms with Crippen LogP contribution in [0.3, 0.4) is 0 Å². The SMILES string of the molecule is CCC(CC)CNC(=O)c1sc(NC(C)C)nc1N. The molecule has 5 nitrogen and oxygen atoms in total. The summed E-state index contributed by atoms with van der Waals surface area (Å²) >= 11 is 1.30. The van der Waals surface area contributed by atoms with Crippen molar-refractivity contribution in [2.75, 3.05) is 17.6 Å². The van der Waals surface area contributed by atoms with Gasteiger partial charge < -0.3 is 16.4 Å². The van der Waals surface area contributed by atoms with Gasteiger partial charge >= 0.3 is 0 Å². The first-order chi connectivity index (χ1) is 8.97. The van der Waals surface area contributed by atoms with E-state index in [1.54, 1.807) is 0 Å². The van der Waals surface area contributed by atoms with Gasteiger partial charge in [-0.2, -0.15) is 0 Å². The van der Waals surface area contributed by atoms with Crippen LogP contribution in [0.25, 0.3) is 0 Å². The van der Waals surface area contributed by atoms with Crippen molar-refractivity contribution >= 4 is 28.2 Å². The van der Waals surface area contributed by atoms with Crippen LogP contribution < -0.4 is 16.4 Å². The van der Waals surface area contributed by atoms with Crippen LogP contribution in [0.2, 0.25) is 0 Å². The molecule has 1 aromatic heterocycles. The first-order valence-corrected chi connectivity index (χ1v) is 7.60. The van der Waals surface area contributed by atoms with Crippen LogP contribution in [0.1, 0.15) is 50.2 Å². The molecule has 0 aromatic carbocycles. The van der Waals surface area contributed by atoms with Crippen molar-refractivity contribution in [2.24, 2.45) is 5.92 Å². The zero-order valence-corrected chi connectivity index (χ0v) is 12.9. The third kappa shape index (κ3) is 4.70. The quantitative estimate of drug-likeness (QED) is 0.719. The fourth-order valence-corrected chi connectivity index (χ4v) is 2.65. The van der Waals surface area contributed by atoms with Crippen LogP contribution in [-0.4, -0.2) is 23.5 Å². The molecule has 4 N–H and O–H groups in total. The number of hydrogen-bond acceptors (Lipinski definition) is 5. The highest BCUT2D eigenvalue weighted by Gasteiger charge is 2.17. The zero-order chi connectivity index (χ0) is 14.4. The van der Waals surface area contributed by atoms with Crippen molar-refractivity contribution in [3.05, 3.63) is 4.88 Å². The minimum Gasteiger partial charge on any atom is -0.382 e. The number of nitrogens with two attached hydrogens (primary N) is 1. The van der Waals surface area contributed by atoms with Gasteiger partial charge in [0.15, 0.2) is 5.13 Å². The summed E-state index contributed by atoms with van der Waals surface area (Å²) in [5.41, 5.74) is 5.79. The van der Waals surface area contributed by atoms with Gasteiger partial charge in [0.2, 0.25) is 0 Å². The maximum absolute atomic E-state index is 12.1. The highest BCUT2D eigenvalue weighted by Crippen LogP contribution is 2.25. The van der Waals surface area contributed by atoms with Gasteiger partial charge in [-0.3, -0.25) is 4.79 Å². The van der Waals surface area contributed by atoms with Crippen molar-refractivity contribution in [3.63, 3.8) is 0 Å². The number of nitrogens with zero attached hydrogens (tertiary/aromatic N) is 1. The number of thiazole rings is 1. The summed E-state index contributed by atoms with van der Waals surface area (Å²) in [6, 6.07) is 0.269. The molecule has 1 amide bonds. The third-order valence-corrected chi connectivity index (χ3v) is 3.98. The summed E-state index contributed by atoms with van der Waals surface area (Å²) in [6.07, 6.45) is 2.13. The maximum Gasteiger partial charge on any atom is 0.265 e. The third-order valence-electron chi connectivity index (χ3n) is 2.98. The van der Waals surface area contributed by atoms with Crippen molar-refractivity contribution in [1.29, 1.82) is 0 Å². The molecule has 0 aliphatic carbocycles. The van der Waals surface area contributed by atoms with E-state index in [0.717, 1.165) is 12.8 Å². The van der Waals surface area contributed by atoms with Crippen LogP contribution in [0.5, 0.6) is 0 Å². The van der Waals surface area contributed by atoms with Crippen LogP contribution in [0, 0.1) is 5.92 Å². The molecule has 0 unspecified atom stereocenters. The average Bonchev–Trinajstić information content (AvgIpc) is 2.70. The average molecular weight is 284 g/mol. The molecule has 0 aliphatic rings. The van der Waals surface area contributed by atoms with Crippen LogP contribution in [0.15, 0.2) is 0 Å². The fourth-order valence-electron chi connectivity index (χ4n) is 1.70. The molecule has 0 fully saturated rings. The lowest BCUT2D eigenvalue weighted by Crippen LogP contribution is -2.28. The predicted octanol–water partition coefficient (Wildman–Crippen LogP) is 2.71. The largest absolute Gasteiger partial charge is 0.382 e. The molecule has 19 heavy (non-hydrogen) atoms. The summed E-state index contributed by atoms with van der Waals surface area (Å²) < 4.78 is 0. The molecule has 0 aliphatic heterocycles. The molecular formula is C13H24N4OS. The number of rotatable bonds is 7. The van der Waals surface area contributed by atoms with Crippen molar-refractivity contribution in [2.45, 2.75) is 46.6 Å². The van der Waals surface area contributed by atoms with E-state index >= 15 is 0 Å². The van der Waals surface area contributed by atoms with Crippen LogP contribution >= 0.6 is 11.3 Å². The van der Waals surface area contributed by atoms with Gasteiger partial charge in [0.1, 0.15) is 10.7 Å². The second-order valence-electron chi connectivity index (χ2n) is 4.92. The number of anilines is 2. The standard InChI is InChI=1S/C13H24N4OS/c1-5-9(6-2)7-15-12(18)10-11(14)17-13(19-10)16-8(3)4/h8-9H,5-7,14H2,1-4H3,(H,15,18)(H,16,17). The molecule has 0 saturated carbocycles. The molecule has 108 valence electrons. The Morgan fingerprint density at radius 3 is 2.53 bits per heavy atom. The van der Waals surface area contributed by atoms with E-state index in [-0.39, 0.29) is 11.9 Å². The van der Waals surface area contributed by atoms with E-state index < -0.39 is 0 Å². The van der Waals surface area contributed by atoms with Gasteiger partial charge in [-0.25, -0.2) is 4.98 Å². The van der Waals surface area contributed by atoms with E-state index in [4.69, 9.17) is 5.73 Å². The Hall–Kier alpha value is -1.30. The van der Waals surface area contributed by atoms with Gasteiger partial charge in [-0.1, -0.05) is 38.0 Å². The number of carbonyl (C=O) groups is 1. The van der Waals surface area contributed by atoms with Crippen molar-refractivity contribution in [3.8, 4) is 0 Å². The first-order valence-electron chi connectivity index (χ1n) is 6.78. The van der Waals surface area contributed by atoms with E-state index in [9.17, 15) is 4.79 Å². The molecule has 0 bridgehead atoms. The maximum atomic E-state index is 12.1. The summed E-state index contributed by atoms with van der Waals surface area (Å²) in [7, 11) is 0. The Balaban J connectivity index is 2.64. The Morgan fingerprint density at radius 2 is 2.00 bits per heavy atom. The molecular weight excluding hydrogens is 260 g/mol. The number of nitrogen functional groups attached to an aromatic ring is 1. The first kappa shape index (κ1) is 15.8. The summed E-state index contributed by atoms with van der Waals surface area (Å²) in [5, 5.41) is 6.78. The van der Waals surface area contributed by atoms with E-state index in [2.05, 4.69) is 29.5 Å². The van der Waals surface area contributed by atoms with Crippen LogP contribution in [-0.2, 0) is 0 Å². The summed E-state index contributed by atoms with van der Waals surface area (Å²) in [6.45, 7) is 8.99. The topological polar surface area (TPSA) is 80.0 Å². The van der Waals surface area contributed by atoms with E-state index in [1.165, 1.54) is 11.3 Å². The molecule has 1 rings (SSSR count). The Kier molecular flexibility index (Phi) is 6.08. The lowest BCUT2D eigenvalue weighted by Gasteiger charge is -2.12. The highest BCUT2D eigenvalue weighted by molar-refractivity contribution is 7.18. The van der Waals surface area contributed by atoms with Crippen LogP contribution in [0.4, 0.5) is 10.9 Å². The van der Waals surface area contributed by atoms with Gasteiger partial charge in [0, 0.05) is 12.6 Å². The van der Waals surface area contributed by atoms with Gasteiger partial charge in [0.05, 0.1) is 0 Å². The second-order valence-corrected chi connectivity index (χ2v) is 5.92. The number of hydrogen-bond donors (Lipinski definition) is 3.